The predicted octanol–water partition coefficient (Wildman–Crippen LogP) is 4.81. The fourth-order valence-electron chi connectivity index (χ4n) is 5.14. The van der Waals surface area contributed by atoms with E-state index >= 15 is 0 Å². The number of thiazole rings is 1. The molecule has 4 aromatic heterocycles. The molecule has 4 aromatic rings. The number of aryl methyl sites for hydroxylation is 1. The third-order valence-corrected chi connectivity index (χ3v) is 7.61. The lowest BCUT2D eigenvalue weighted by Gasteiger charge is -2.23. The number of hydrogen-bond acceptors (Lipinski definition) is 7. The molecule has 0 aliphatic heterocycles. The van der Waals surface area contributed by atoms with Gasteiger partial charge in [0.25, 0.3) is 0 Å². The van der Waals surface area contributed by atoms with Crippen LogP contribution in [-0.4, -0.2) is 31.2 Å². The predicted molar refractivity (Wildman–Crippen MR) is 123 cm³/mol. The molecule has 0 amide bonds. The Morgan fingerprint density at radius 2 is 2.13 bits per heavy atom. The largest absolute Gasteiger partial charge is 0.316 e. The maximum absolute atomic E-state index is 4.78. The number of H-pyrrole nitrogens is 1. The number of hydrogen-bond donors (Lipinski definition) is 3. The highest BCUT2D eigenvalue weighted by molar-refractivity contribution is 7.21. The van der Waals surface area contributed by atoms with Gasteiger partial charge in [-0.05, 0) is 67.9 Å². The van der Waals surface area contributed by atoms with Gasteiger partial charge >= 0.3 is 0 Å². The zero-order valence-corrected chi connectivity index (χ0v) is 18.2. The topological polar surface area (TPSA) is 91.4 Å². The van der Waals surface area contributed by atoms with Crippen molar-refractivity contribution in [2.24, 2.45) is 11.8 Å². The van der Waals surface area contributed by atoms with Crippen molar-refractivity contribution in [1.29, 1.82) is 0 Å². The second-order valence-electron chi connectivity index (χ2n) is 8.79. The normalized spacial score (nSPS) is 22.4. The van der Waals surface area contributed by atoms with E-state index in [1.165, 1.54) is 42.6 Å². The zero-order valence-electron chi connectivity index (χ0n) is 17.4. The molecular formula is C23H25N7S. The average Bonchev–Trinajstić information content (AvgIpc) is 3.56. The Bertz CT molecular complexity index is 1230. The third-order valence-electron chi connectivity index (χ3n) is 6.73. The number of aromatic amines is 1. The molecule has 2 unspecified atom stereocenters. The van der Waals surface area contributed by atoms with Crippen LogP contribution >= 0.6 is 11.3 Å². The van der Waals surface area contributed by atoms with E-state index in [-0.39, 0.29) is 0 Å². The lowest BCUT2D eigenvalue weighted by molar-refractivity contribution is 0.350. The summed E-state index contributed by atoms with van der Waals surface area (Å²) >= 11 is 1.54. The second kappa shape index (κ2) is 7.69. The van der Waals surface area contributed by atoms with Gasteiger partial charge < -0.3 is 10.6 Å². The van der Waals surface area contributed by atoms with Crippen molar-refractivity contribution in [3.05, 3.63) is 47.9 Å². The quantitative estimate of drug-likeness (QED) is 0.406. The van der Waals surface area contributed by atoms with Crippen LogP contribution in [0.3, 0.4) is 0 Å². The number of fused-ring (bicyclic) bond motifs is 3. The standard InChI is InChI=1S/C23H25N7S/c1-13-17(12-26-30-13)18-4-5-19-22(27-18)31-23(28-19)29-21-10-15(6-7-24-21)11-25-20-9-14-2-3-16(20)8-14/h4-7,10,12,14,16,20,25H,2-3,8-9,11H2,1H3,(H,26,30)(H,24,28,29)/t14-,16?,20?/m1/s1. The second-order valence-corrected chi connectivity index (χ2v) is 9.76. The van der Waals surface area contributed by atoms with Crippen LogP contribution in [0, 0.1) is 18.8 Å². The molecule has 0 spiro atoms. The van der Waals surface area contributed by atoms with Gasteiger partial charge in [0.2, 0.25) is 0 Å². The Balaban J connectivity index is 1.16. The van der Waals surface area contributed by atoms with E-state index in [1.807, 2.05) is 31.5 Å². The van der Waals surface area contributed by atoms with E-state index in [1.54, 1.807) is 0 Å². The van der Waals surface area contributed by atoms with E-state index in [0.29, 0.717) is 6.04 Å². The van der Waals surface area contributed by atoms with Crippen LogP contribution in [0.5, 0.6) is 0 Å². The van der Waals surface area contributed by atoms with Crippen molar-refractivity contribution in [3.8, 4) is 11.3 Å². The Kier molecular flexibility index (Phi) is 4.69. The monoisotopic (exact) mass is 431 g/mol. The highest BCUT2D eigenvalue weighted by Gasteiger charge is 2.38. The van der Waals surface area contributed by atoms with Crippen LogP contribution in [0.25, 0.3) is 21.6 Å². The first-order valence-corrected chi connectivity index (χ1v) is 11.8. The van der Waals surface area contributed by atoms with E-state index in [0.717, 1.165) is 56.6 Å². The van der Waals surface area contributed by atoms with Crippen molar-refractivity contribution < 1.29 is 0 Å². The summed E-state index contributed by atoms with van der Waals surface area (Å²) in [5.74, 6) is 2.66. The summed E-state index contributed by atoms with van der Waals surface area (Å²) in [5.41, 5.74) is 5.06. The fourth-order valence-corrected chi connectivity index (χ4v) is 5.98. The van der Waals surface area contributed by atoms with E-state index in [2.05, 4.69) is 42.9 Å². The number of anilines is 2. The van der Waals surface area contributed by atoms with Gasteiger partial charge in [0.05, 0.1) is 11.9 Å². The molecule has 2 fully saturated rings. The molecule has 3 N–H and O–H groups in total. The number of aromatic nitrogens is 5. The third kappa shape index (κ3) is 3.70. The van der Waals surface area contributed by atoms with Gasteiger partial charge in [-0.25, -0.2) is 15.0 Å². The van der Waals surface area contributed by atoms with Crippen LogP contribution < -0.4 is 10.6 Å². The van der Waals surface area contributed by atoms with Crippen molar-refractivity contribution >= 4 is 32.6 Å². The molecule has 0 radical (unpaired) electrons. The molecular weight excluding hydrogens is 406 g/mol. The molecule has 6 rings (SSSR count). The van der Waals surface area contributed by atoms with Crippen molar-refractivity contribution in [3.63, 3.8) is 0 Å². The zero-order chi connectivity index (χ0) is 20.8. The number of nitrogens with one attached hydrogen (secondary N) is 3. The molecule has 3 atom stereocenters. The summed E-state index contributed by atoms with van der Waals surface area (Å²) in [5, 5.41) is 15.0. The summed E-state index contributed by atoms with van der Waals surface area (Å²) in [7, 11) is 0. The van der Waals surface area contributed by atoms with Crippen molar-refractivity contribution in [2.75, 3.05) is 5.32 Å². The molecule has 2 saturated carbocycles. The number of nitrogens with zero attached hydrogens (tertiary/aromatic N) is 4. The summed E-state index contributed by atoms with van der Waals surface area (Å²) in [4.78, 5) is 14.8. The molecule has 8 heteroatoms. The van der Waals surface area contributed by atoms with E-state index < -0.39 is 0 Å². The van der Waals surface area contributed by atoms with Crippen molar-refractivity contribution in [1.82, 2.24) is 30.5 Å². The van der Waals surface area contributed by atoms with Crippen LogP contribution in [0.2, 0.25) is 0 Å². The van der Waals surface area contributed by atoms with Gasteiger partial charge in [0.1, 0.15) is 16.2 Å². The maximum Gasteiger partial charge on any atom is 0.190 e. The summed E-state index contributed by atoms with van der Waals surface area (Å²) < 4.78 is 0. The Hall–Kier alpha value is -2.84. The summed E-state index contributed by atoms with van der Waals surface area (Å²) in [6.07, 6.45) is 9.29. The molecule has 2 aliphatic rings. The Morgan fingerprint density at radius 1 is 1.16 bits per heavy atom. The molecule has 2 bridgehead atoms. The van der Waals surface area contributed by atoms with Gasteiger partial charge in [-0.1, -0.05) is 17.8 Å². The minimum absolute atomic E-state index is 0.687. The molecule has 4 heterocycles. The Morgan fingerprint density at radius 3 is 2.94 bits per heavy atom. The summed E-state index contributed by atoms with van der Waals surface area (Å²) in [6.45, 7) is 2.89. The Labute approximate surface area is 184 Å². The van der Waals surface area contributed by atoms with Gasteiger partial charge in [-0.3, -0.25) is 5.10 Å². The van der Waals surface area contributed by atoms with E-state index in [4.69, 9.17) is 4.98 Å². The smallest absolute Gasteiger partial charge is 0.190 e. The first kappa shape index (κ1) is 18.9. The molecule has 2 aliphatic carbocycles. The highest BCUT2D eigenvalue weighted by Crippen LogP contribution is 2.44. The fraction of sp³-hybridized carbons (Fsp3) is 0.391. The average molecular weight is 432 g/mol. The minimum Gasteiger partial charge on any atom is -0.316 e. The lowest BCUT2D eigenvalue weighted by Crippen LogP contribution is -2.33. The SMILES string of the molecule is Cc1[nH]ncc1-c1ccc2nc(Nc3cc(CNC4C[C@@H]5CCC4C5)ccn3)sc2n1. The summed E-state index contributed by atoms with van der Waals surface area (Å²) in [6, 6.07) is 8.88. The molecule has 0 saturated heterocycles. The molecule has 7 nitrogen and oxygen atoms in total. The van der Waals surface area contributed by atoms with Crippen LogP contribution in [0.1, 0.15) is 36.9 Å². The minimum atomic E-state index is 0.687. The van der Waals surface area contributed by atoms with E-state index in [9.17, 15) is 0 Å². The van der Waals surface area contributed by atoms with Crippen molar-refractivity contribution in [2.45, 2.75) is 45.2 Å². The highest BCUT2D eigenvalue weighted by atomic mass is 32.1. The van der Waals surface area contributed by atoms with Gasteiger partial charge in [0.15, 0.2) is 5.13 Å². The number of pyridine rings is 2. The molecule has 158 valence electrons. The van der Waals surface area contributed by atoms with Crippen LogP contribution in [0.4, 0.5) is 10.9 Å². The van der Waals surface area contributed by atoms with Gasteiger partial charge in [-0.2, -0.15) is 5.10 Å². The maximum atomic E-state index is 4.78. The van der Waals surface area contributed by atoms with Crippen LogP contribution in [-0.2, 0) is 6.54 Å². The first-order chi connectivity index (χ1) is 15.2. The van der Waals surface area contributed by atoms with Crippen LogP contribution in [0.15, 0.2) is 36.7 Å². The molecule has 0 aromatic carbocycles. The first-order valence-electron chi connectivity index (χ1n) is 10.9. The number of rotatable bonds is 6. The molecule has 31 heavy (non-hydrogen) atoms. The van der Waals surface area contributed by atoms with Gasteiger partial charge in [0, 0.05) is 30.0 Å². The lowest BCUT2D eigenvalue weighted by atomic mass is 9.95. The van der Waals surface area contributed by atoms with Gasteiger partial charge in [-0.15, -0.1) is 0 Å².